The van der Waals surface area contributed by atoms with Crippen LogP contribution in [0.3, 0.4) is 0 Å². The molecule has 0 radical (unpaired) electrons. The van der Waals surface area contributed by atoms with Crippen molar-refractivity contribution in [1.82, 2.24) is 15.0 Å². The first-order chi connectivity index (χ1) is 7.47. The molecule has 4 heteroatoms. The van der Waals surface area contributed by atoms with Gasteiger partial charge in [0.2, 0.25) is 0 Å². The predicted molar refractivity (Wildman–Crippen MR) is 61.9 cm³/mol. The Morgan fingerprint density at radius 1 is 1.31 bits per heavy atom. The van der Waals surface area contributed by atoms with E-state index >= 15 is 0 Å². The first-order valence-electron chi connectivity index (χ1n) is 6.11. The molecule has 1 aromatic rings. The van der Waals surface area contributed by atoms with Crippen LogP contribution in [0.15, 0.2) is 6.20 Å². The minimum Gasteiger partial charge on any atom is -0.384 e. The van der Waals surface area contributed by atoms with E-state index in [4.69, 9.17) is 0 Å². The Labute approximate surface area is 96.7 Å². The molecule has 16 heavy (non-hydrogen) atoms. The number of hydrogen-bond acceptors (Lipinski definition) is 3. The maximum absolute atomic E-state index is 9.83. The van der Waals surface area contributed by atoms with E-state index in [1.165, 1.54) is 12.8 Å². The van der Waals surface area contributed by atoms with Crippen LogP contribution in [-0.4, -0.2) is 20.1 Å². The van der Waals surface area contributed by atoms with E-state index in [0.717, 1.165) is 18.8 Å². The zero-order chi connectivity index (χ0) is 11.8. The lowest BCUT2D eigenvalue weighted by molar-refractivity contribution is 0.0724. The van der Waals surface area contributed by atoms with Crippen molar-refractivity contribution < 1.29 is 5.11 Å². The SMILES string of the molecule is CC1CCC(n2ncc(C(C)(C)O)n2)CC1. The van der Waals surface area contributed by atoms with Crippen LogP contribution < -0.4 is 0 Å². The number of aromatic nitrogens is 3. The van der Waals surface area contributed by atoms with Gasteiger partial charge in [-0.15, -0.1) is 0 Å². The fourth-order valence-electron chi connectivity index (χ4n) is 2.21. The molecular formula is C12H21N3O. The largest absolute Gasteiger partial charge is 0.384 e. The van der Waals surface area contributed by atoms with Crippen molar-refractivity contribution in [3.05, 3.63) is 11.9 Å². The molecule has 1 aliphatic rings. The second-order valence-electron chi connectivity index (χ2n) is 5.52. The van der Waals surface area contributed by atoms with Crippen LogP contribution in [0.2, 0.25) is 0 Å². The number of hydrogen-bond donors (Lipinski definition) is 1. The van der Waals surface area contributed by atoms with Crippen LogP contribution in [0.5, 0.6) is 0 Å². The average molecular weight is 223 g/mol. The fourth-order valence-corrected chi connectivity index (χ4v) is 2.21. The maximum atomic E-state index is 9.83. The van der Waals surface area contributed by atoms with Crippen LogP contribution >= 0.6 is 0 Å². The molecule has 4 nitrogen and oxygen atoms in total. The number of rotatable bonds is 2. The third-order valence-corrected chi connectivity index (χ3v) is 3.45. The molecular weight excluding hydrogens is 202 g/mol. The molecule has 1 fully saturated rings. The summed E-state index contributed by atoms with van der Waals surface area (Å²) in [6.45, 7) is 5.78. The zero-order valence-electron chi connectivity index (χ0n) is 10.3. The Kier molecular flexibility index (Phi) is 3.02. The van der Waals surface area contributed by atoms with Gasteiger partial charge in [-0.25, -0.2) is 0 Å². The zero-order valence-corrected chi connectivity index (χ0v) is 10.3. The summed E-state index contributed by atoms with van der Waals surface area (Å²) >= 11 is 0. The van der Waals surface area contributed by atoms with Gasteiger partial charge in [0.1, 0.15) is 11.3 Å². The Morgan fingerprint density at radius 2 is 1.94 bits per heavy atom. The van der Waals surface area contributed by atoms with Gasteiger partial charge in [0.15, 0.2) is 0 Å². The highest BCUT2D eigenvalue weighted by atomic mass is 16.3. The van der Waals surface area contributed by atoms with E-state index in [0.29, 0.717) is 11.7 Å². The lowest BCUT2D eigenvalue weighted by Crippen LogP contribution is -2.21. The summed E-state index contributed by atoms with van der Waals surface area (Å²) in [4.78, 5) is 1.79. The third-order valence-electron chi connectivity index (χ3n) is 3.45. The smallest absolute Gasteiger partial charge is 0.114 e. The van der Waals surface area contributed by atoms with Gasteiger partial charge in [0, 0.05) is 0 Å². The van der Waals surface area contributed by atoms with Crippen molar-refractivity contribution in [2.75, 3.05) is 0 Å². The first-order valence-corrected chi connectivity index (χ1v) is 6.11. The molecule has 90 valence electrons. The standard InChI is InChI=1S/C12H21N3O/c1-9-4-6-10(7-5-9)15-13-8-11(14-15)12(2,3)16/h8-10,16H,4-7H2,1-3H3. The van der Waals surface area contributed by atoms with Crippen molar-refractivity contribution in [1.29, 1.82) is 0 Å². The van der Waals surface area contributed by atoms with Crippen molar-refractivity contribution in [2.24, 2.45) is 5.92 Å². The summed E-state index contributed by atoms with van der Waals surface area (Å²) < 4.78 is 0. The Hall–Kier alpha value is -0.900. The summed E-state index contributed by atoms with van der Waals surface area (Å²) in [6, 6.07) is 0.423. The molecule has 0 amide bonds. The quantitative estimate of drug-likeness (QED) is 0.836. The van der Waals surface area contributed by atoms with E-state index in [1.807, 2.05) is 0 Å². The molecule has 0 spiro atoms. The van der Waals surface area contributed by atoms with E-state index in [9.17, 15) is 5.11 Å². The average Bonchev–Trinajstić information content (AvgIpc) is 2.67. The van der Waals surface area contributed by atoms with E-state index in [1.54, 1.807) is 24.8 Å². The highest BCUT2D eigenvalue weighted by Crippen LogP contribution is 2.31. The normalized spacial score (nSPS) is 27.0. The summed E-state index contributed by atoms with van der Waals surface area (Å²) in [5.74, 6) is 0.834. The minimum atomic E-state index is -0.889. The Morgan fingerprint density at radius 3 is 2.44 bits per heavy atom. The first kappa shape index (κ1) is 11.6. The highest BCUT2D eigenvalue weighted by molar-refractivity contribution is 5.02. The lowest BCUT2D eigenvalue weighted by Gasteiger charge is -2.25. The molecule has 0 unspecified atom stereocenters. The lowest BCUT2D eigenvalue weighted by atomic mass is 9.88. The maximum Gasteiger partial charge on any atom is 0.114 e. The number of aliphatic hydroxyl groups is 1. The molecule has 0 bridgehead atoms. The molecule has 1 aliphatic carbocycles. The van der Waals surface area contributed by atoms with Gasteiger partial charge in [-0.05, 0) is 45.4 Å². The molecule has 0 atom stereocenters. The molecule has 1 aromatic heterocycles. The summed E-state index contributed by atoms with van der Waals surface area (Å²) in [5, 5.41) is 18.5. The van der Waals surface area contributed by atoms with Gasteiger partial charge in [-0.2, -0.15) is 15.0 Å². The van der Waals surface area contributed by atoms with Crippen LogP contribution in [0.1, 0.15) is 58.2 Å². The van der Waals surface area contributed by atoms with Gasteiger partial charge >= 0.3 is 0 Å². The Balaban J connectivity index is 2.08. The van der Waals surface area contributed by atoms with E-state index in [2.05, 4.69) is 17.1 Å². The molecule has 0 aliphatic heterocycles. The molecule has 1 saturated carbocycles. The van der Waals surface area contributed by atoms with E-state index < -0.39 is 5.60 Å². The molecule has 2 rings (SSSR count). The monoisotopic (exact) mass is 223 g/mol. The Bertz CT molecular complexity index is 345. The molecule has 1 N–H and O–H groups in total. The van der Waals surface area contributed by atoms with Crippen molar-refractivity contribution >= 4 is 0 Å². The minimum absolute atomic E-state index is 0.423. The van der Waals surface area contributed by atoms with Crippen LogP contribution in [-0.2, 0) is 5.60 Å². The second-order valence-corrected chi connectivity index (χ2v) is 5.52. The van der Waals surface area contributed by atoms with Gasteiger partial charge in [-0.1, -0.05) is 6.92 Å². The topological polar surface area (TPSA) is 50.9 Å². The van der Waals surface area contributed by atoms with Crippen molar-refractivity contribution in [3.8, 4) is 0 Å². The molecule has 0 aromatic carbocycles. The molecule has 1 heterocycles. The summed E-state index contributed by atoms with van der Waals surface area (Å²) in [6.07, 6.45) is 6.49. The van der Waals surface area contributed by atoms with Crippen LogP contribution in [0.4, 0.5) is 0 Å². The van der Waals surface area contributed by atoms with Crippen molar-refractivity contribution in [2.45, 2.75) is 58.1 Å². The fraction of sp³-hybridized carbons (Fsp3) is 0.833. The predicted octanol–water partition coefficient (Wildman–Crippen LogP) is 2.26. The van der Waals surface area contributed by atoms with Crippen molar-refractivity contribution in [3.63, 3.8) is 0 Å². The van der Waals surface area contributed by atoms with Gasteiger partial charge in [0.05, 0.1) is 12.2 Å². The second kappa shape index (κ2) is 4.17. The van der Waals surface area contributed by atoms with E-state index in [-0.39, 0.29) is 0 Å². The number of nitrogens with zero attached hydrogens (tertiary/aromatic N) is 3. The van der Waals surface area contributed by atoms with Gasteiger partial charge < -0.3 is 5.11 Å². The van der Waals surface area contributed by atoms with Crippen LogP contribution in [0, 0.1) is 5.92 Å². The van der Waals surface area contributed by atoms with Crippen LogP contribution in [0.25, 0.3) is 0 Å². The van der Waals surface area contributed by atoms with Gasteiger partial charge in [0.25, 0.3) is 0 Å². The van der Waals surface area contributed by atoms with Gasteiger partial charge in [-0.3, -0.25) is 0 Å². The molecule has 0 saturated heterocycles. The third kappa shape index (κ3) is 2.43. The highest BCUT2D eigenvalue weighted by Gasteiger charge is 2.24. The summed E-state index contributed by atoms with van der Waals surface area (Å²) in [5.41, 5.74) is -0.230. The summed E-state index contributed by atoms with van der Waals surface area (Å²) in [7, 11) is 0.